The molecular formula is C84H111BrN17O18P. The van der Waals surface area contributed by atoms with E-state index < -0.39 is 31.5 Å². The van der Waals surface area contributed by atoms with E-state index in [4.69, 9.17) is 34.9 Å². The molecule has 3 aromatic heterocycles. The number of likely N-dealkylation sites (N-methyl/N-ethyl adjacent to an activating group) is 1. The second kappa shape index (κ2) is 50.2. The number of aryl methyl sites for hydroxylation is 2. The number of nitrogens with two attached hydrogens (primary N) is 1. The summed E-state index contributed by atoms with van der Waals surface area (Å²) >= 11 is 3.41. The molecule has 1 fully saturated rings. The van der Waals surface area contributed by atoms with Crippen LogP contribution in [0.1, 0.15) is 177 Å². The van der Waals surface area contributed by atoms with Gasteiger partial charge in [-0.2, -0.15) is 15.0 Å². The lowest BCUT2D eigenvalue weighted by molar-refractivity contribution is -0.130. The summed E-state index contributed by atoms with van der Waals surface area (Å²) in [6.45, 7) is 8.53. The largest absolute Gasteiger partial charge is 0.508 e. The summed E-state index contributed by atoms with van der Waals surface area (Å²) in [6.07, 6.45) is 12.4. The number of carbonyl (C=O) groups is 9. The third-order valence-electron chi connectivity index (χ3n) is 19.8. The van der Waals surface area contributed by atoms with E-state index in [1.54, 1.807) is 97.2 Å². The van der Waals surface area contributed by atoms with Crippen molar-refractivity contribution in [2.75, 3.05) is 116 Å². The molecule has 0 spiro atoms. The minimum Gasteiger partial charge on any atom is -0.508 e. The molecular weight excluding hydrogens is 1650 g/mol. The number of nitrogens with one attached hydrogen (secondary N) is 1. The number of unbranched alkanes of at least 4 members (excludes halogenated alkanes) is 7. The first kappa shape index (κ1) is 97.0. The lowest BCUT2D eigenvalue weighted by Gasteiger charge is -2.41. The number of phenols is 2. The SMILES string of the molecule is CC(=O)CCN=[N+]=[N-].CCCCCCCC(=O)CP(=O)(N(C)C)N1CCN(c2nc(OCCOCCCC(=O)CCCCC(=O)N(C)CCC(OC(=O)NCCCCCC(=O)CCc3cn(CCC(C)=O)nn3)c3ccc4ccc(O)c(Br)c4n3)nc(N(C)CC(N)=O)n2)CC1.O=C(O)c1ccccc1-c1c2ccc(=O)cc-2oc2cc(O)ccc12. The van der Waals surface area contributed by atoms with Crippen LogP contribution in [0.4, 0.5) is 16.7 Å². The molecule has 0 saturated carbocycles. The van der Waals surface area contributed by atoms with E-state index in [2.05, 4.69) is 63.5 Å². The lowest BCUT2D eigenvalue weighted by Crippen LogP contribution is -2.47. The first-order valence-corrected chi connectivity index (χ1v) is 43.2. The second-order valence-electron chi connectivity index (χ2n) is 29.6. The molecule has 1 aliphatic carbocycles. The molecule has 6 aromatic rings. The number of nitrogens with zero attached hydrogens (tertiary/aromatic N) is 15. The number of piperazine rings is 1. The minimum atomic E-state index is -3.15. The Morgan fingerprint density at radius 2 is 1.43 bits per heavy atom. The average Bonchev–Trinajstić information content (AvgIpc) is 1.53. The van der Waals surface area contributed by atoms with Gasteiger partial charge in [0.1, 0.15) is 64.5 Å². The number of rotatable bonds is 49. The molecule has 37 heteroatoms. The fraction of sp³-hybridized carbons (Fsp3) is 0.500. The van der Waals surface area contributed by atoms with Crippen LogP contribution >= 0.6 is 23.4 Å². The van der Waals surface area contributed by atoms with Crippen molar-refractivity contribution in [1.29, 1.82) is 0 Å². The van der Waals surface area contributed by atoms with Crippen molar-refractivity contribution < 1.29 is 81.7 Å². The molecule has 0 bridgehead atoms. The van der Waals surface area contributed by atoms with Crippen molar-refractivity contribution in [2.45, 2.75) is 168 Å². The lowest BCUT2D eigenvalue weighted by atomic mass is 9.91. The third-order valence-corrected chi connectivity index (χ3v) is 23.9. The van der Waals surface area contributed by atoms with Crippen molar-refractivity contribution in [1.82, 2.24) is 54.5 Å². The Bertz CT molecular complexity index is 4950. The summed E-state index contributed by atoms with van der Waals surface area (Å²) < 4.78 is 43.2. The molecule has 3 aromatic carbocycles. The first-order chi connectivity index (χ1) is 58.0. The van der Waals surface area contributed by atoms with E-state index in [1.807, 2.05) is 15.6 Å². The molecule has 0 radical (unpaired) electrons. The molecule has 5 heterocycles. The van der Waals surface area contributed by atoms with Gasteiger partial charge in [-0.1, -0.05) is 73.6 Å². The zero-order chi connectivity index (χ0) is 88.0. The highest BCUT2D eigenvalue weighted by Crippen LogP contribution is 2.52. The number of aromatic carboxylic acids is 1. The normalized spacial score (nSPS) is 12.8. The smallest absolute Gasteiger partial charge is 0.407 e. The number of ether oxygens (including phenoxy) is 3. The van der Waals surface area contributed by atoms with Gasteiger partial charge in [0.05, 0.1) is 46.3 Å². The predicted octanol–water partition coefficient (Wildman–Crippen LogP) is 12.8. The summed E-state index contributed by atoms with van der Waals surface area (Å²) in [4.78, 5) is 147. The molecule has 1 saturated heterocycles. The molecule has 652 valence electrons. The highest BCUT2D eigenvalue weighted by molar-refractivity contribution is 9.10. The number of azide groups is 1. The van der Waals surface area contributed by atoms with Crippen molar-refractivity contribution >= 4 is 110 Å². The van der Waals surface area contributed by atoms with Crippen LogP contribution in [-0.2, 0) is 60.6 Å². The van der Waals surface area contributed by atoms with Gasteiger partial charge in [-0.05, 0) is 148 Å². The van der Waals surface area contributed by atoms with Gasteiger partial charge >= 0.3 is 18.1 Å². The van der Waals surface area contributed by atoms with E-state index in [0.29, 0.717) is 197 Å². The number of amides is 3. The molecule has 35 nitrogen and oxygen atoms in total. The molecule has 121 heavy (non-hydrogen) atoms. The van der Waals surface area contributed by atoms with Gasteiger partial charge in [-0.25, -0.2) is 23.9 Å². The van der Waals surface area contributed by atoms with Crippen molar-refractivity contribution in [2.24, 2.45) is 10.8 Å². The number of hydrogen-bond donors (Lipinski definition) is 5. The Kier molecular flexibility index (Phi) is 40.2. The van der Waals surface area contributed by atoms with E-state index in [1.165, 1.54) is 49.1 Å². The van der Waals surface area contributed by atoms with Crippen LogP contribution in [0.5, 0.6) is 17.5 Å². The number of primary amides is 1. The monoisotopic (exact) mass is 1760 g/mol. The fourth-order valence-corrected chi connectivity index (χ4v) is 15.9. The standard InChI is InChI=1S/C60H92BrN14O12P.C20H12O5.C4H7N3O/c1-7-8-9-10-12-20-49(79)43-88(84,70(3)4)75-36-34-73(35-37-75)58-65-57(72(6)42-53(62)81)66-59(67-58)86-40-39-85-38-17-21-47(77)19-14-15-22-54(82)71(5)32-30-52(50-27-23-45-24-28-51(80)55(61)56(45)64-50)87-60(83)63-31-16-11-13-18-48(78)26-25-46-41-74(69-68-46)33-29-44(2)76;21-11-5-7-15-17(9-11)25-18-10-12(22)6-8-16(18)19(15)13-3-1-2-4-14(13)20(23)24;1-4(8)2-3-6-7-5/h23-24,27-28,41,52,80H,7-22,25-26,29-40,42-43H2,1-6H3,(H2,62,81)(H,63,83);1-10,21H,(H,23,24);2-3H2,1H3. The number of carboxylic acids is 1. The number of alkyl carbamates (subject to hydrolysis) is 1. The van der Waals surface area contributed by atoms with Crippen molar-refractivity contribution in [3.8, 4) is 40.0 Å². The van der Waals surface area contributed by atoms with Gasteiger partial charge in [0.25, 0.3) is 0 Å². The van der Waals surface area contributed by atoms with Crippen LogP contribution in [0.25, 0.3) is 54.8 Å². The third kappa shape index (κ3) is 32.1. The summed E-state index contributed by atoms with van der Waals surface area (Å²) in [5.74, 6) is -0.596. The number of carboxylic acid groups (broad SMARTS) is 1. The number of pyridine rings is 1. The average molecular weight is 1760 g/mol. The van der Waals surface area contributed by atoms with Crippen molar-refractivity contribution in [3.05, 3.63) is 133 Å². The van der Waals surface area contributed by atoms with Crippen LogP contribution in [0.3, 0.4) is 0 Å². The molecule has 2 aliphatic heterocycles. The van der Waals surface area contributed by atoms with Gasteiger partial charge in [-0.15, -0.1) is 5.10 Å². The molecule has 3 aliphatic rings. The fourth-order valence-electron chi connectivity index (χ4n) is 13.1. The number of Topliss-reactive ketones (excluding diaryl/α,β-unsaturated/α-hetero) is 5. The number of phenolic OH excluding ortho intramolecular Hbond substituents is 2. The number of benzene rings is 4. The number of carbonyl (C=O) groups excluding carboxylic acids is 8. The zero-order valence-corrected chi connectivity index (χ0v) is 72.3. The number of anilines is 2. The van der Waals surface area contributed by atoms with Crippen molar-refractivity contribution in [3.63, 3.8) is 0 Å². The Hall–Kier alpha value is -11.2. The maximum Gasteiger partial charge on any atom is 0.407 e. The summed E-state index contributed by atoms with van der Waals surface area (Å²) in [5, 5.41) is 45.1. The summed E-state index contributed by atoms with van der Waals surface area (Å²) in [7, 11) is 3.66. The van der Waals surface area contributed by atoms with E-state index in [-0.39, 0.29) is 121 Å². The Morgan fingerprint density at radius 1 is 0.744 bits per heavy atom. The Labute approximate surface area is 711 Å². The molecule has 2 atom stereocenters. The molecule has 9 rings (SSSR count). The molecule has 6 N–H and O–H groups in total. The summed E-state index contributed by atoms with van der Waals surface area (Å²) in [5.41, 5.74) is 16.9. The summed E-state index contributed by atoms with van der Waals surface area (Å²) in [6, 6.07) is 22.6. The predicted molar refractivity (Wildman–Crippen MR) is 460 cm³/mol. The topological polar surface area (TPSA) is 475 Å². The van der Waals surface area contributed by atoms with E-state index in [9.17, 15) is 67.8 Å². The number of ketones is 5. The number of hydrogen-bond acceptors (Lipinski definition) is 26. The van der Waals surface area contributed by atoms with Gasteiger partial charge in [-0.3, -0.25) is 42.8 Å². The van der Waals surface area contributed by atoms with E-state index in [0.717, 1.165) is 37.5 Å². The molecule has 2 unspecified atom stereocenters. The minimum absolute atomic E-state index is 0.00442. The van der Waals surface area contributed by atoms with Gasteiger partial charge in [0.15, 0.2) is 5.43 Å². The Balaban J connectivity index is 0.000000499. The first-order valence-electron chi connectivity index (χ1n) is 40.6. The van der Waals surface area contributed by atoms with Gasteiger partial charge < -0.3 is 64.5 Å². The highest BCUT2D eigenvalue weighted by Gasteiger charge is 2.38. The number of aromatic hydroxyl groups is 2. The second-order valence-corrected chi connectivity index (χ2v) is 33.4. The molecule has 3 amide bonds. The van der Waals surface area contributed by atoms with Crippen LogP contribution in [0.2, 0.25) is 0 Å². The number of halogens is 1. The van der Waals surface area contributed by atoms with Crippen LogP contribution in [-0.4, -0.2) is 224 Å². The maximum absolute atomic E-state index is 14.3. The Morgan fingerprint density at radius 3 is 2.14 bits per heavy atom. The van der Waals surface area contributed by atoms with Gasteiger partial charge in [0.2, 0.25) is 31.2 Å². The van der Waals surface area contributed by atoms with Crippen LogP contribution in [0.15, 0.2) is 110 Å². The number of fused-ring (bicyclic) bond motifs is 3. The quantitative estimate of drug-likeness (QED) is 0.00590. The van der Waals surface area contributed by atoms with Crippen LogP contribution in [0, 0.1) is 0 Å². The maximum atomic E-state index is 14.3. The van der Waals surface area contributed by atoms with E-state index >= 15 is 0 Å². The zero-order valence-electron chi connectivity index (χ0n) is 69.9. The number of aromatic nitrogens is 7. The van der Waals surface area contributed by atoms with Gasteiger partial charge in [0, 0.05) is 176 Å². The van der Waals surface area contributed by atoms with Crippen LogP contribution < -0.4 is 31.0 Å². The highest BCUT2D eigenvalue weighted by atomic mass is 79.9.